The normalized spacial score (nSPS) is 15.3. The highest BCUT2D eigenvalue weighted by molar-refractivity contribution is 6.30. The molecule has 6 nitrogen and oxygen atoms in total. The Balaban J connectivity index is 1.65. The second-order valence-electron chi connectivity index (χ2n) is 6.67. The van der Waals surface area contributed by atoms with Crippen LogP contribution in [0.2, 0.25) is 5.15 Å². The topological polar surface area (TPSA) is 57.2 Å². The molecule has 0 atom stereocenters. The van der Waals surface area contributed by atoms with Gasteiger partial charge in [0.2, 0.25) is 5.95 Å². The number of pyridine rings is 1. The summed E-state index contributed by atoms with van der Waals surface area (Å²) in [7, 11) is 2.11. The van der Waals surface area contributed by atoms with E-state index in [9.17, 15) is 4.39 Å². The van der Waals surface area contributed by atoms with Gasteiger partial charge >= 0.3 is 0 Å². The molecule has 3 heterocycles. The average molecular weight is 387 g/mol. The lowest BCUT2D eigenvalue weighted by molar-refractivity contribution is 0.311. The van der Waals surface area contributed by atoms with Crippen LogP contribution in [0.1, 0.15) is 5.56 Å². The molecule has 3 aromatic rings. The smallest absolute Gasteiger partial charge is 0.228 e. The summed E-state index contributed by atoms with van der Waals surface area (Å²) < 4.78 is 13.1. The highest BCUT2D eigenvalue weighted by Gasteiger charge is 2.18. The van der Waals surface area contributed by atoms with E-state index >= 15 is 0 Å². The number of hydrogen-bond acceptors (Lipinski definition) is 6. The van der Waals surface area contributed by atoms with Crippen molar-refractivity contribution in [1.82, 2.24) is 19.9 Å². The Labute approximate surface area is 162 Å². The number of benzene rings is 1. The maximum Gasteiger partial charge on any atom is 0.228 e. The summed E-state index contributed by atoms with van der Waals surface area (Å²) in [5.41, 5.74) is 1.70. The third-order valence-electron chi connectivity index (χ3n) is 4.70. The van der Waals surface area contributed by atoms with E-state index in [1.807, 2.05) is 0 Å². The first kappa shape index (κ1) is 17.9. The van der Waals surface area contributed by atoms with Crippen molar-refractivity contribution in [3.8, 4) is 0 Å². The Bertz CT molecular complexity index is 941. The number of nitrogens with zero attached hydrogens (tertiary/aromatic N) is 5. The molecule has 0 amide bonds. The number of aromatic nitrogens is 3. The minimum atomic E-state index is -0.249. The van der Waals surface area contributed by atoms with E-state index in [4.69, 9.17) is 16.6 Å². The Morgan fingerprint density at radius 2 is 1.85 bits per heavy atom. The number of hydrogen-bond donors (Lipinski definition) is 1. The van der Waals surface area contributed by atoms with Crippen LogP contribution in [-0.4, -0.2) is 53.1 Å². The zero-order valence-electron chi connectivity index (χ0n) is 15.0. The zero-order chi connectivity index (χ0) is 18.8. The van der Waals surface area contributed by atoms with E-state index in [2.05, 4.69) is 32.1 Å². The third-order valence-corrected chi connectivity index (χ3v) is 4.90. The molecular weight excluding hydrogens is 367 g/mol. The maximum absolute atomic E-state index is 13.1. The van der Waals surface area contributed by atoms with E-state index in [-0.39, 0.29) is 5.82 Å². The molecule has 0 radical (unpaired) electrons. The molecule has 27 heavy (non-hydrogen) atoms. The Morgan fingerprint density at radius 3 is 2.59 bits per heavy atom. The van der Waals surface area contributed by atoms with Crippen LogP contribution in [0.4, 0.5) is 16.2 Å². The lowest BCUT2D eigenvalue weighted by atomic mass is 10.2. The van der Waals surface area contributed by atoms with Crippen molar-refractivity contribution in [3.63, 3.8) is 0 Å². The Morgan fingerprint density at radius 1 is 1.11 bits per heavy atom. The number of fused-ring (bicyclic) bond motifs is 1. The monoisotopic (exact) mass is 386 g/mol. The predicted octanol–water partition coefficient (Wildman–Crippen LogP) is 3.18. The lowest BCUT2D eigenvalue weighted by Crippen LogP contribution is -2.45. The van der Waals surface area contributed by atoms with Crippen LogP contribution in [-0.2, 0) is 6.54 Å². The molecule has 140 valence electrons. The van der Waals surface area contributed by atoms with Crippen LogP contribution in [0.5, 0.6) is 0 Å². The average Bonchev–Trinajstić information content (AvgIpc) is 2.68. The maximum atomic E-state index is 13.1. The van der Waals surface area contributed by atoms with Gasteiger partial charge in [0.1, 0.15) is 16.8 Å². The molecule has 2 aromatic heterocycles. The molecule has 1 fully saturated rings. The van der Waals surface area contributed by atoms with Gasteiger partial charge in [0, 0.05) is 38.1 Å². The summed E-state index contributed by atoms with van der Waals surface area (Å²) in [6, 6.07) is 8.16. The fourth-order valence-electron chi connectivity index (χ4n) is 3.07. The van der Waals surface area contributed by atoms with Gasteiger partial charge in [0.05, 0.1) is 11.7 Å². The molecule has 0 saturated carbocycles. The van der Waals surface area contributed by atoms with Crippen LogP contribution >= 0.6 is 11.6 Å². The number of anilines is 2. The van der Waals surface area contributed by atoms with Gasteiger partial charge in [-0.2, -0.15) is 4.98 Å². The first-order valence-corrected chi connectivity index (χ1v) is 9.21. The molecule has 0 spiro atoms. The number of likely N-dealkylation sites (N-methyl/N-ethyl adjacent to an activating group) is 1. The van der Waals surface area contributed by atoms with Gasteiger partial charge in [-0.15, -0.1) is 0 Å². The summed E-state index contributed by atoms with van der Waals surface area (Å²) in [5, 5.41) is 4.55. The lowest BCUT2D eigenvalue weighted by Gasteiger charge is -2.32. The highest BCUT2D eigenvalue weighted by Crippen LogP contribution is 2.26. The fourth-order valence-corrected chi connectivity index (χ4v) is 3.22. The fraction of sp³-hybridized carbons (Fsp3) is 0.316. The minimum Gasteiger partial charge on any atom is -0.365 e. The molecule has 0 unspecified atom stereocenters. The van der Waals surface area contributed by atoms with Crippen molar-refractivity contribution in [2.75, 3.05) is 43.4 Å². The van der Waals surface area contributed by atoms with Crippen molar-refractivity contribution in [1.29, 1.82) is 0 Å². The van der Waals surface area contributed by atoms with Crippen LogP contribution in [0.25, 0.3) is 10.9 Å². The van der Waals surface area contributed by atoms with Crippen molar-refractivity contribution in [2.24, 2.45) is 0 Å². The molecule has 4 rings (SSSR count). The highest BCUT2D eigenvalue weighted by atomic mass is 35.5. The quantitative estimate of drug-likeness (QED) is 0.695. The largest absolute Gasteiger partial charge is 0.365 e. The number of piperazine rings is 1. The molecule has 1 saturated heterocycles. The number of nitrogens with one attached hydrogen (secondary N) is 1. The first-order chi connectivity index (χ1) is 13.1. The molecule has 1 aliphatic rings. The number of rotatable bonds is 4. The molecule has 1 aromatic carbocycles. The second-order valence-corrected chi connectivity index (χ2v) is 7.05. The third kappa shape index (κ3) is 4.09. The molecule has 0 bridgehead atoms. The van der Waals surface area contributed by atoms with Crippen LogP contribution in [0.3, 0.4) is 0 Å². The molecule has 8 heteroatoms. The van der Waals surface area contributed by atoms with Crippen molar-refractivity contribution in [2.45, 2.75) is 6.54 Å². The van der Waals surface area contributed by atoms with E-state index in [1.165, 1.54) is 12.1 Å². The van der Waals surface area contributed by atoms with Crippen molar-refractivity contribution < 1.29 is 4.39 Å². The SMILES string of the molecule is CN1CCN(c2nc(NCc3ccc(F)cc3)c3cc(Cl)ncc3n2)CC1. The summed E-state index contributed by atoms with van der Waals surface area (Å²) in [6.45, 7) is 4.21. The van der Waals surface area contributed by atoms with Crippen LogP contribution in [0, 0.1) is 5.82 Å². The van der Waals surface area contributed by atoms with Crippen molar-refractivity contribution >= 4 is 34.3 Å². The van der Waals surface area contributed by atoms with Gasteiger partial charge in [-0.05, 0) is 30.8 Å². The summed E-state index contributed by atoms with van der Waals surface area (Å²) >= 11 is 6.08. The Hall–Kier alpha value is -2.51. The summed E-state index contributed by atoms with van der Waals surface area (Å²) in [6.07, 6.45) is 1.67. The van der Waals surface area contributed by atoms with Crippen molar-refractivity contribution in [3.05, 3.63) is 53.1 Å². The van der Waals surface area contributed by atoms with Gasteiger partial charge in [-0.25, -0.2) is 14.4 Å². The van der Waals surface area contributed by atoms with Gasteiger partial charge in [-0.1, -0.05) is 23.7 Å². The van der Waals surface area contributed by atoms with Gasteiger partial charge in [0.25, 0.3) is 0 Å². The van der Waals surface area contributed by atoms with E-state index in [0.717, 1.165) is 42.6 Å². The summed E-state index contributed by atoms with van der Waals surface area (Å²) in [5.74, 6) is 1.13. The standard InChI is InChI=1S/C19H20ClFN6/c1-26-6-8-27(9-7-26)19-24-16-12-22-17(20)10-15(16)18(25-19)23-11-13-2-4-14(21)5-3-13/h2-5,10,12H,6-9,11H2,1H3,(H,23,24,25). The van der Waals surface area contributed by atoms with Gasteiger partial charge < -0.3 is 15.1 Å². The molecule has 0 aliphatic carbocycles. The van der Waals surface area contributed by atoms with Gasteiger partial charge in [-0.3, -0.25) is 0 Å². The number of halogens is 2. The van der Waals surface area contributed by atoms with Crippen LogP contribution < -0.4 is 10.2 Å². The molecule has 1 N–H and O–H groups in total. The first-order valence-electron chi connectivity index (χ1n) is 8.83. The molecular formula is C19H20ClFN6. The van der Waals surface area contributed by atoms with E-state index in [0.29, 0.717) is 23.5 Å². The minimum absolute atomic E-state index is 0.249. The van der Waals surface area contributed by atoms with E-state index in [1.54, 1.807) is 24.4 Å². The molecule has 1 aliphatic heterocycles. The Kier molecular flexibility index (Phi) is 5.05. The zero-order valence-corrected chi connectivity index (χ0v) is 15.7. The van der Waals surface area contributed by atoms with E-state index < -0.39 is 0 Å². The second kappa shape index (κ2) is 7.62. The van der Waals surface area contributed by atoms with Crippen LogP contribution in [0.15, 0.2) is 36.5 Å². The van der Waals surface area contributed by atoms with Gasteiger partial charge in [0.15, 0.2) is 0 Å². The summed E-state index contributed by atoms with van der Waals surface area (Å²) in [4.78, 5) is 18.0. The predicted molar refractivity (Wildman–Crippen MR) is 106 cm³/mol.